The van der Waals surface area contributed by atoms with Gasteiger partial charge in [-0.25, -0.2) is 9.37 Å². The van der Waals surface area contributed by atoms with E-state index < -0.39 is 0 Å². The van der Waals surface area contributed by atoms with Gasteiger partial charge in [-0.05, 0) is 61.6 Å². The predicted octanol–water partition coefficient (Wildman–Crippen LogP) is 4.71. The van der Waals surface area contributed by atoms with E-state index in [1.807, 2.05) is 24.3 Å². The quantitative estimate of drug-likeness (QED) is 0.690. The molecule has 0 bridgehead atoms. The largest absolute Gasteiger partial charge is 0.392 e. The van der Waals surface area contributed by atoms with Crippen LogP contribution in [0.3, 0.4) is 0 Å². The first-order chi connectivity index (χ1) is 13.6. The lowest BCUT2D eigenvalue weighted by Gasteiger charge is -2.35. The Hall–Kier alpha value is -2.66. The number of anilines is 1. The fourth-order valence-corrected chi connectivity index (χ4v) is 4.17. The molecule has 1 aliphatic rings. The minimum Gasteiger partial charge on any atom is -0.392 e. The number of aliphatic hydroxyl groups excluding tert-OH is 1. The number of piperidine rings is 1. The number of hydrogen-bond donors (Lipinski definition) is 2. The summed E-state index contributed by atoms with van der Waals surface area (Å²) in [5, 5.41) is 9.62. The number of aliphatic hydroxyl groups is 1. The molecule has 146 valence electrons. The van der Waals surface area contributed by atoms with Crippen LogP contribution in [0.1, 0.15) is 41.3 Å². The highest BCUT2D eigenvalue weighted by molar-refractivity contribution is 5.79. The second-order valence-electron chi connectivity index (χ2n) is 7.65. The number of aryl methyl sites for hydroxylation is 2. The third-order valence-corrected chi connectivity index (χ3v) is 5.80. The van der Waals surface area contributed by atoms with Gasteiger partial charge in [0.1, 0.15) is 5.82 Å². The van der Waals surface area contributed by atoms with E-state index in [4.69, 9.17) is 0 Å². The number of aromatic amines is 1. The van der Waals surface area contributed by atoms with E-state index >= 15 is 0 Å². The summed E-state index contributed by atoms with van der Waals surface area (Å²) in [5.41, 5.74) is 7.06. The molecule has 0 radical (unpaired) electrons. The zero-order chi connectivity index (χ0) is 19.7. The third-order valence-electron chi connectivity index (χ3n) is 5.80. The summed E-state index contributed by atoms with van der Waals surface area (Å²) in [6.07, 6.45) is 3.85. The molecule has 3 aromatic rings. The van der Waals surface area contributed by atoms with Gasteiger partial charge < -0.3 is 15.0 Å². The van der Waals surface area contributed by atoms with Crippen LogP contribution in [-0.4, -0.2) is 28.2 Å². The fourth-order valence-electron chi connectivity index (χ4n) is 4.17. The van der Waals surface area contributed by atoms with E-state index in [0.29, 0.717) is 11.5 Å². The normalized spacial score (nSPS) is 15.2. The van der Waals surface area contributed by atoms with Crippen LogP contribution in [0.25, 0.3) is 11.1 Å². The number of benzene rings is 2. The van der Waals surface area contributed by atoms with Crippen molar-refractivity contribution in [2.75, 3.05) is 18.0 Å². The second kappa shape index (κ2) is 7.76. The van der Waals surface area contributed by atoms with Crippen molar-refractivity contribution in [1.29, 1.82) is 0 Å². The number of nitrogens with zero attached hydrogens (tertiary/aromatic N) is 2. The molecule has 0 spiro atoms. The molecule has 1 aromatic heterocycles. The van der Waals surface area contributed by atoms with E-state index in [1.54, 1.807) is 13.3 Å². The lowest BCUT2D eigenvalue weighted by Crippen LogP contribution is -2.33. The highest BCUT2D eigenvalue weighted by Gasteiger charge is 2.25. The van der Waals surface area contributed by atoms with Crippen LogP contribution in [0.4, 0.5) is 10.1 Å². The van der Waals surface area contributed by atoms with Crippen molar-refractivity contribution < 1.29 is 9.50 Å². The fraction of sp³-hybridized carbons (Fsp3) is 0.348. The van der Waals surface area contributed by atoms with E-state index in [9.17, 15) is 9.50 Å². The zero-order valence-corrected chi connectivity index (χ0v) is 16.4. The molecule has 1 aliphatic heterocycles. The van der Waals surface area contributed by atoms with Gasteiger partial charge in [0.2, 0.25) is 0 Å². The molecule has 1 fully saturated rings. The monoisotopic (exact) mass is 379 g/mol. The molecular weight excluding hydrogens is 353 g/mol. The minimum atomic E-state index is -0.188. The Bertz CT molecular complexity index is 974. The van der Waals surface area contributed by atoms with Crippen molar-refractivity contribution in [3.05, 3.63) is 71.1 Å². The van der Waals surface area contributed by atoms with E-state index in [-0.39, 0.29) is 12.4 Å². The Morgan fingerprint density at radius 3 is 2.57 bits per heavy atom. The Balaban J connectivity index is 1.63. The van der Waals surface area contributed by atoms with Gasteiger partial charge in [-0.15, -0.1) is 0 Å². The van der Waals surface area contributed by atoms with Crippen molar-refractivity contribution in [3.8, 4) is 11.1 Å². The van der Waals surface area contributed by atoms with Crippen LogP contribution in [-0.2, 0) is 6.61 Å². The Kier molecular flexibility index (Phi) is 5.18. The Morgan fingerprint density at radius 2 is 1.93 bits per heavy atom. The lowest BCUT2D eigenvalue weighted by molar-refractivity contribution is 0.282. The number of H-pyrrole nitrogens is 1. The molecule has 0 unspecified atom stereocenters. The summed E-state index contributed by atoms with van der Waals surface area (Å²) in [6.45, 7) is 5.74. The van der Waals surface area contributed by atoms with Crippen LogP contribution in [0, 0.1) is 19.7 Å². The summed E-state index contributed by atoms with van der Waals surface area (Å²) in [5.74, 6) is 0.285. The molecule has 1 saturated heterocycles. The van der Waals surface area contributed by atoms with Crippen LogP contribution >= 0.6 is 0 Å². The number of imidazole rings is 1. The topological polar surface area (TPSA) is 52.1 Å². The predicted molar refractivity (Wildman–Crippen MR) is 110 cm³/mol. The van der Waals surface area contributed by atoms with Crippen molar-refractivity contribution in [2.24, 2.45) is 0 Å². The average Bonchev–Trinajstić information content (AvgIpc) is 3.15. The number of halogens is 1. The molecule has 0 atom stereocenters. The van der Waals surface area contributed by atoms with Gasteiger partial charge in [-0.2, -0.15) is 0 Å². The smallest absolute Gasteiger partial charge is 0.126 e. The first-order valence-electron chi connectivity index (χ1n) is 9.82. The summed E-state index contributed by atoms with van der Waals surface area (Å²) >= 11 is 0. The van der Waals surface area contributed by atoms with E-state index in [2.05, 4.69) is 27.9 Å². The molecule has 2 N–H and O–H groups in total. The van der Waals surface area contributed by atoms with Crippen LogP contribution < -0.4 is 4.90 Å². The first kappa shape index (κ1) is 18.7. The summed E-state index contributed by atoms with van der Waals surface area (Å²) in [6, 6.07) is 11.3. The minimum absolute atomic E-state index is 0.0126. The molecule has 0 amide bonds. The molecule has 2 heterocycles. The maximum Gasteiger partial charge on any atom is 0.126 e. The highest BCUT2D eigenvalue weighted by Crippen LogP contribution is 2.37. The lowest BCUT2D eigenvalue weighted by atomic mass is 9.91. The summed E-state index contributed by atoms with van der Waals surface area (Å²) < 4.78 is 13.7. The number of nitrogens with one attached hydrogen (secondary N) is 1. The molecule has 2 aromatic carbocycles. The molecule has 4 rings (SSSR count). The SMILES string of the molecule is Cc1cc(-c2ccc(CO)cc2N2CCC(c3nc[nH]c3C)CC2)ccc1F. The summed E-state index contributed by atoms with van der Waals surface area (Å²) in [7, 11) is 0. The Morgan fingerprint density at radius 1 is 1.14 bits per heavy atom. The maximum atomic E-state index is 13.7. The summed E-state index contributed by atoms with van der Waals surface area (Å²) in [4.78, 5) is 10.1. The van der Waals surface area contributed by atoms with Gasteiger partial charge in [-0.3, -0.25) is 0 Å². The van der Waals surface area contributed by atoms with Gasteiger partial charge in [0.05, 0.1) is 18.6 Å². The first-order valence-corrected chi connectivity index (χ1v) is 9.82. The molecule has 0 saturated carbocycles. The molecule has 5 heteroatoms. The van der Waals surface area contributed by atoms with E-state index in [0.717, 1.165) is 54.0 Å². The van der Waals surface area contributed by atoms with Gasteiger partial charge in [0.15, 0.2) is 0 Å². The molecular formula is C23H26FN3O. The van der Waals surface area contributed by atoms with Crippen molar-refractivity contribution >= 4 is 5.69 Å². The van der Waals surface area contributed by atoms with Gasteiger partial charge >= 0.3 is 0 Å². The van der Waals surface area contributed by atoms with Crippen molar-refractivity contribution in [3.63, 3.8) is 0 Å². The third kappa shape index (κ3) is 3.54. The Labute approximate surface area is 165 Å². The number of hydrogen-bond acceptors (Lipinski definition) is 3. The second-order valence-corrected chi connectivity index (χ2v) is 7.65. The van der Waals surface area contributed by atoms with E-state index in [1.165, 1.54) is 11.8 Å². The standard InChI is InChI=1S/C23H26FN3O/c1-15-11-19(4-6-21(15)24)20-5-3-17(13-28)12-22(20)27-9-7-18(8-10-27)23-16(2)25-14-26-23/h3-6,11-12,14,18,28H,7-10,13H2,1-2H3,(H,25,26). The van der Waals surface area contributed by atoms with Gasteiger partial charge in [0, 0.05) is 36.0 Å². The van der Waals surface area contributed by atoms with Crippen molar-refractivity contribution in [1.82, 2.24) is 9.97 Å². The van der Waals surface area contributed by atoms with Crippen LogP contribution in [0.2, 0.25) is 0 Å². The average molecular weight is 379 g/mol. The maximum absolute atomic E-state index is 13.7. The van der Waals surface area contributed by atoms with Crippen molar-refractivity contribution in [2.45, 2.75) is 39.2 Å². The molecule has 28 heavy (non-hydrogen) atoms. The number of aromatic nitrogens is 2. The number of rotatable bonds is 4. The molecule has 0 aliphatic carbocycles. The van der Waals surface area contributed by atoms with Crippen LogP contribution in [0.15, 0.2) is 42.7 Å². The zero-order valence-electron chi connectivity index (χ0n) is 16.4. The van der Waals surface area contributed by atoms with Crippen LogP contribution in [0.5, 0.6) is 0 Å². The highest BCUT2D eigenvalue weighted by atomic mass is 19.1. The van der Waals surface area contributed by atoms with Gasteiger partial charge in [0.25, 0.3) is 0 Å². The molecule has 4 nitrogen and oxygen atoms in total. The van der Waals surface area contributed by atoms with Gasteiger partial charge in [-0.1, -0.05) is 18.2 Å².